The summed E-state index contributed by atoms with van der Waals surface area (Å²) in [4.78, 5) is 11.8. The number of pyridine rings is 1. The minimum absolute atomic E-state index is 0.0502. The monoisotopic (exact) mass is 282 g/mol. The van der Waals surface area contributed by atoms with Crippen LogP contribution in [-0.4, -0.2) is 9.72 Å². The van der Waals surface area contributed by atoms with Crippen molar-refractivity contribution in [1.29, 1.82) is 0 Å². The first kappa shape index (κ1) is 11.1. The summed E-state index contributed by atoms with van der Waals surface area (Å²) >= 11 is 3.21. The number of rotatable bonds is 3. The molecule has 0 amide bonds. The fourth-order valence-corrected chi connectivity index (χ4v) is 1.90. The standard InChI is InChI=1S/C11H11BrN2O2/c1-2-10-8(7-16-13-10)6-14-5-3-4-9(12)11(14)15/h3-5,7H,2,6H2,1H3. The Balaban J connectivity index is 2.34. The smallest absolute Gasteiger partial charge is 0.265 e. The third kappa shape index (κ3) is 2.09. The summed E-state index contributed by atoms with van der Waals surface area (Å²) in [5.74, 6) is 0. The van der Waals surface area contributed by atoms with Gasteiger partial charge in [-0.15, -0.1) is 0 Å². The Morgan fingerprint density at radius 2 is 2.38 bits per heavy atom. The van der Waals surface area contributed by atoms with E-state index in [-0.39, 0.29) is 5.56 Å². The highest BCUT2D eigenvalue weighted by Gasteiger charge is 2.07. The predicted molar refractivity (Wildman–Crippen MR) is 63.4 cm³/mol. The SMILES string of the molecule is CCc1nocc1Cn1cccc(Br)c1=O. The van der Waals surface area contributed by atoms with Gasteiger partial charge in [0, 0.05) is 11.8 Å². The van der Waals surface area contributed by atoms with Gasteiger partial charge in [-0.05, 0) is 34.5 Å². The molecular formula is C11H11BrN2O2. The molecule has 2 aromatic heterocycles. The Labute approximate surface area is 101 Å². The molecule has 0 atom stereocenters. The van der Waals surface area contributed by atoms with Crippen LogP contribution in [0.25, 0.3) is 0 Å². The van der Waals surface area contributed by atoms with E-state index in [9.17, 15) is 4.79 Å². The minimum atomic E-state index is -0.0502. The summed E-state index contributed by atoms with van der Waals surface area (Å²) in [6.07, 6.45) is 4.14. The zero-order valence-electron chi connectivity index (χ0n) is 8.81. The van der Waals surface area contributed by atoms with Gasteiger partial charge in [-0.1, -0.05) is 12.1 Å². The van der Waals surface area contributed by atoms with E-state index in [0.29, 0.717) is 11.0 Å². The van der Waals surface area contributed by atoms with Crippen LogP contribution in [0.3, 0.4) is 0 Å². The van der Waals surface area contributed by atoms with Crippen molar-refractivity contribution < 1.29 is 4.52 Å². The van der Waals surface area contributed by atoms with E-state index in [1.165, 1.54) is 0 Å². The van der Waals surface area contributed by atoms with E-state index in [1.807, 2.05) is 13.0 Å². The van der Waals surface area contributed by atoms with Crippen molar-refractivity contribution in [1.82, 2.24) is 9.72 Å². The van der Waals surface area contributed by atoms with Crippen molar-refractivity contribution in [3.05, 3.63) is 50.7 Å². The molecule has 5 heteroatoms. The Morgan fingerprint density at radius 1 is 1.56 bits per heavy atom. The molecule has 0 unspecified atom stereocenters. The summed E-state index contributed by atoms with van der Waals surface area (Å²) in [7, 11) is 0. The molecule has 0 saturated heterocycles. The molecule has 0 aliphatic heterocycles. The van der Waals surface area contributed by atoms with E-state index in [0.717, 1.165) is 17.7 Å². The second kappa shape index (κ2) is 4.65. The van der Waals surface area contributed by atoms with Gasteiger partial charge in [0.1, 0.15) is 6.26 Å². The average molecular weight is 283 g/mol. The van der Waals surface area contributed by atoms with Crippen LogP contribution in [0.1, 0.15) is 18.2 Å². The van der Waals surface area contributed by atoms with Crippen molar-refractivity contribution in [2.45, 2.75) is 19.9 Å². The van der Waals surface area contributed by atoms with Gasteiger partial charge in [-0.2, -0.15) is 0 Å². The average Bonchev–Trinajstić information content (AvgIpc) is 2.72. The second-order valence-electron chi connectivity index (χ2n) is 3.43. The molecule has 84 valence electrons. The van der Waals surface area contributed by atoms with Crippen LogP contribution in [-0.2, 0) is 13.0 Å². The van der Waals surface area contributed by atoms with Gasteiger partial charge in [0.2, 0.25) is 0 Å². The summed E-state index contributed by atoms with van der Waals surface area (Å²) in [5.41, 5.74) is 1.79. The number of nitrogens with zero attached hydrogens (tertiary/aromatic N) is 2. The lowest BCUT2D eigenvalue weighted by Gasteiger charge is -2.04. The molecule has 2 heterocycles. The number of halogens is 1. The minimum Gasteiger partial charge on any atom is -0.364 e. The summed E-state index contributed by atoms with van der Waals surface area (Å²) < 4.78 is 7.08. The highest BCUT2D eigenvalue weighted by atomic mass is 79.9. The summed E-state index contributed by atoms with van der Waals surface area (Å²) in [6.45, 7) is 2.50. The van der Waals surface area contributed by atoms with Gasteiger partial charge in [-0.25, -0.2) is 0 Å². The lowest BCUT2D eigenvalue weighted by Crippen LogP contribution is -2.20. The molecule has 16 heavy (non-hydrogen) atoms. The molecule has 0 aliphatic rings. The lowest BCUT2D eigenvalue weighted by molar-refractivity contribution is 0.412. The summed E-state index contributed by atoms with van der Waals surface area (Å²) in [5, 5.41) is 3.88. The van der Waals surface area contributed by atoms with Gasteiger partial charge in [0.15, 0.2) is 0 Å². The Morgan fingerprint density at radius 3 is 3.12 bits per heavy atom. The maximum atomic E-state index is 11.8. The first-order chi connectivity index (χ1) is 7.72. The predicted octanol–water partition coefficient (Wildman–Crippen LogP) is 2.21. The van der Waals surface area contributed by atoms with Crippen molar-refractivity contribution in [3.63, 3.8) is 0 Å². The maximum absolute atomic E-state index is 11.8. The number of aromatic nitrogens is 2. The quantitative estimate of drug-likeness (QED) is 0.867. The van der Waals surface area contributed by atoms with Crippen LogP contribution < -0.4 is 5.56 Å². The lowest BCUT2D eigenvalue weighted by atomic mass is 10.2. The van der Waals surface area contributed by atoms with Crippen LogP contribution in [0.15, 0.2) is 38.4 Å². The van der Waals surface area contributed by atoms with Gasteiger partial charge < -0.3 is 9.09 Å². The molecule has 0 N–H and O–H groups in total. The summed E-state index contributed by atoms with van der Waals surface area (Å²) in [6, 6.07) is 3.55. The molecular weight excluding hydrogens is 272 g/mol. The highest BCUT2D eigenvalue weighted by molar-refractivity contribution is 9.10. The van der Waals surface area contributed by atoms with E-state index in [1.54, 1.807) is 23.1 Å². The molecule has 0 radical (unpaired) electrons. The topological polar surface area (TPSA) is 48.0 Å². The van der Waals surface area contributed by atoms with Gasteiger partial charge >= 0.3 is 0 Å². The van der Waals surface area contributed by atoms with E-state index < -0.39 is 0 Å². The third-order valence-electron chi connectivity index (χ3n) is 2.38. The molecule has 4 nitrogen and oxygen atoms in total. The van der Waals surface area contributed by atoms with Crippen LogP contribution in [0, 0.1) is 0 Å². The van der Waals surface area contributed by atoms with E-state index in [2.05, 4.69) is 21.1 Å². The first-order valence-electron chi connectivity index (χ1n) is 4.99. The van der Waals surface area contributed by atoms with Crippen LogP contribution in [0.4, 0.5) is 0 Å². The normalized spacial score (nSPS) is 10.6. The van der Waals surface area contributed by atoms with Gasteiger partial charge in [0.05, 0.1) is 16.7 Å². The third-order valence-corrected chi connectivity index (χ3v) is 2.98. The zero-order valence-corrected chi connectivity index (χ0v) is 10.4. The molecule has 0 fully saturated rings. The molecule has 0 bridgehead atoms. The fraction of sp³-hybridized carbons (Fsp3) is 0.273. The van der Waals surface area contributed by atoms with E-state index >= 15 is 0 Å². The van der Waals surface area contributed by atoms with E-state index in [4.69, 9.17) is 4.52 Å². The largest absolute Gasteiger partial charge is 0.364 e. The molecule has 0 aromatic carbocycles. The van der Waals surface area contributed by atoms with Crippen molar-refractivity contribution in [2.24, 2.45) is 0 Å². The molecule has 2 rings (SSSR count). The Bertz CT molecular complexity index is 545. The first-order valence-corrected chi connectivity index (χ1v) is 5.78. The molecule has 0 spiro atoms. The Kier molecular flexibility index (Phi) is 3.24. The van der Waals surface area contributed by atoms with Crippen molar-refractivity contribution in [3.8, 4) is 0 Å². The van der Waals surface area contributed by atoms with Gasteiger partial charge in [0.25, 0.3) is 5.56 Å². The zero-order chi connectivity index (χ0) is 11.5. The number of hydrogen-bond donors (Lipinski definition) is 0. The highest BCUT2D eigenvalue weighted by Crippen LogP contribution is 2.09. The number of aryl methyl sites for hydroxylation is 1. The van der Waals surface area contributed by atoms with Crippen molar-refractivity contribution in [2.75, 3.05) is 0 Å². The van der Waals surface area contributed by atoms with Crippen LogP contribution in [0.5, 0.6) is 0 Å². The fourth-order valence-electron chi connectivity index (χ4n) is 1.52. The molecule has 2 aromatic rings. The molecule has 0 aliphatic carbocycles. The second-order valence-corrected chi connectivity index (χ2v) is 4.28. The Hall–Kier alpha value is -1.36. The van der Waals surface area contributed by atoms with Crippen LogP contribution >= 0.6 is 15.9 Å². The maximum Gasteiger partial charge on any atom is 0.265 e. The van der Waals surface area contributed by atoms with Crippen LogP contribution in [0.2, 0.25) is 0 Å². The number of hydrogen-bond acceptors (Lipinski definition) is 3. The molecule has 0 saturated carbocycles. The van der Waals surface area contributed by atoms with Crippen molar-refractivity contribution >= 4 is 15.9 Å². The van der Waals surface area contributed by atoms with Gasteiger partial charge in [-0.3, -0.25) is 4.79 Å².